The van der Waals surface area contributed by atoms with Crippen molar-refractivity contribution in [2.75, 3.05) is 16.0 Å². The largest absolute Gasteiger partial charge is 0.508 e. The highest BCUT2D eigenvalue weighted by atomic mass is 19.1. The lowest BCUT2D eigenvalue weighted by Gasteiger charge is -2.33. The summed E-state index contributed by atoms with van der Waals surface area (Å²) in [4.78, 5) is 28.4. The Morgan fingerprint density at radius 2 is 1.94 bits per heavy atom. The zero-order chi connectivity index (χ0) is 24.7. The molecule has 1 aliphatic heterocycles. The molecule has 10 heteroatoms. The van der Waals surface area contributed by atoms with Gasteiger partial charge in [0.15, 0.2) is 0 Å². The number of nitrogens with one attached hydrogen (secondary N) is 4. The van der Waals surface area contributed by atoms with Crippen molar-refractivity contribution in [1.29, 1.82) is 0 Å². The van der Waals surface area contributed by atoms with E-state index >= 15 is 0 Å². The van der Waals surface area contributed by atoms with Crippen molar-refractivity contribution in [3.05, 3.63) is 65.1 Å². The van der Waals surface area contributed by atoms with Crippen molar-refractivity contribution in [3.63, 3.8) is 0 Å². The number of nitrogens with zero attached hydrogens (tertiary/aromatic N) is 1. The van der Waals surface area contributed by atoms with E-state index in [2.05, 4.69) is 26.3 Å². The first-order valence-electron chi connectivity index (χ1n) is 11.2. The molecule has 2 aliphatic rings. The van der Waals surface area contributed by atoms with E-state index in [0.29, 0.717) is 47.8 Å². The number of carbonyl (C=O) groups excluding carboxylic acids is 1. The van der Waals surface area contributed by atoms with Gasteiger partial charge in [-0.15, -0.1) is 0 Å². The van der Waals surface area contributed by atoms with Crippen LogP contribution in [-0.2, 0) is 11.3 Å². The topological polar surface area (TPSA) is 136 Å². The number of rotatable bonds is 6. The van der Waals surface area contributed by atoms with Crippen LogP contribution in [0.4, 0.5) is 33.0 Å². The van der Waals surface area contributed by atoms with Gasteiger partial charge in [-0.2, -0.15) is 0 Å². The molecule has 35 heavy (non-hydrogen) atoms. The average Bonchev–Trinajstić information content (AvgIpc) is 2.92. The van der Waals surface area contributed by atoms with E-state index in [1.165, 1.54) is 18.3 Å². The van der Waals surface area contributed by atoms with Crippen LogP contribution in [0.2, 0.25) is 0 Å². The number of pyridine rings is 1. The van der Waals surface area contributed by atoms with Gasteiger partial charge in [-0.3, -0.25) is 9.59 Å². The van der Waals surface area contributed by atoms with E-state index in [0.717, 1.165) is 5.56 Å². The number of anilines is 5. The minimum absolute atomic E-state index is 0.0329. The molecule has 2 heterocycles. The second-order valence-electron chi connectivity index (χ2n) is 8.87. The number of carbonyl (C=O) groups is 2. The Morgan fingerprint density at radius 1 is 1.14 bits per heavy atom. The maximum Gasteiger partial charge on any atom is 0.306 e. The van der Waals surface area contributed by atoms with Crippen LogP contribution in [0, 0.1) is 18.7 Å². The fraction of sp³-hybridized carbons (Fsp3) is 0.240. The number of benzene rings is 2. The third kappa shape index (κ3) is 4.47. The zero-order valence-electron chi connectivity index (χ0n) is 18.9. The molecule has 1 amide bonds. The summed E-state index contributed by atoms with van der Waals surface area (Å²) in [6, 6.07) is 9.80. The minimum atomic E-state index is -0.758. The number of aliphatic carboxylic acids is 1. The number of aromatic nitrogens is 1. The Kier molecular flexibility index (Phi) is 5.73. The fourth-order valence-electron chi connectivity index (χ4n) is 4.27. The Hall–Kier alpha value is -4.18. The molecule has 0 atom stereocenters. The number of hydrogen-bond acceptors (Lipinski definition) is 7. The van der Waals surface area contributed by atoms with Gasteiger partial charge in [0, 0.05) is 24.8 Å². The standard InChI is InChI=1S/C25H24FN5O4/c1-12-6-16(26)19(10-21(12)32)29-18-4-5-27-23-22(18)24(33)31-20-7-13(2-3-17(20)30-23)11-28-15-8-14(9-15)25(34)35/h2-7,10,14-15,28,32H,8-9,11H2,1H3,(H,31,33)(H,34,35)(H2,27,29,30)/t14-,15-. The maximum absolute atomic E-state index is 14.5. The van der Waals surface area contributed by atoms with Crippen LogP contribution in [0.3, 0.4) is 0 Å². The lowest BCUT2D eigenvalue weighted by Crippen LogP contribution is -2.43. The molecular weight excluding hydrogens is 453 g/mol. The molecule has 0 bridgehead atoms. The predicted octanol–water partition coefficient (Wildman–Crippen LogP) is 4.24. The maximum atomic E-state index is 14.5. The summed E-state index contributed by atoms with van der Waals surface area (Å²) in [5.41, 5.74) is 3.12. The molecule has 180 valence electrons. The van der Waals surface area contributed by atoms with Crippen molar-refractivity contribution in [1.82, 2.24) is 10.3 Å². The Morgan fingerprint density at radius 3 is 2.71 bits per heavy atom. The van der Waals surface area contributed by atoms with Gasteiger partial charge in [0.05, 0.1) is 28.7 Å². The van der Waals surface area contributed by atoms with Crippen molar-refractivity contribution in [3.8, 4) is 5.75 Å². The fourth-order valence-corrected chi connectivity index (χ4v) is 4.27. The van der Waals surface area contributed by atoms with E-state index < -0.39 is 17.7 Å². The van der Waals surface area contributed by atoms with Gasteiger partial charge >= 0.3 is 5.97 Å². The number of fused-ring (bicyclic) bond motifs is 2. The molecule has 1 aliphatic carbocycles. The van der Waals surface area contributed by atoms with E-state index in [1.54, 1.807) is 13.0 Å². The number of carboxylic acid groups (broad SMARTS) is 1. The number of phenols is 1. The van der Waals surface area contributed by atoms with E-state index in [4.69, 9.17) is 5.11 Å². The predicted molar refractivity (Wildman–Crippen MR) is 129 cm³/mol. The quantitative estimate of drug-likeness (QED) is 0.310. The lowest BCUT2D eigenvalue weighted by atomic mass is 9.80. The van der Waals surface area contributed by atoms with Crippen LogP contribution in [-0.4, -0.2) is 33.1 Å². The minimum Gasteiger partial charge on any atom is -0.508 e. The second kappa shape index (κ2) is 8.88. The van der Waals surface area contributed by atoms with Gasteiger partial charge in [0.2, 0.25) is 0 Å². The summed E-state index contributed by atoms with van der Waals surface area (Å²) >= 11 is 0. The smallest absolute Gasteiger partial charge is 0.306 e. The molecule has 1 aromatic heterocycles. The van der Waals surface area contributed by atoms with Crippen molar-refractivity contribution in [2.24, 2.45) is 5.92 Å². The summed E-state index contributed by atoms with van der Waals surface area (Å²) in [6.07, 6.45) is 2.71. The van der Waals surface area contributed by atoms with Gasteiger partial charge < -0.3 is 31.5 Å². The number of hydrogen-bond donors (Lipinski definition) is 6. The molecule has 3 aromatic rings. The number of carboxylic acids is 1. The van der Waals surface area contributed by atoms with Gasteiger partial charge in [0.1, 0.15) is 22.9 Å². The van der Waals surface area contributed by atoms with Gasteiger partial charge in [-0.25, -0.2) is 9.37 Å². The van der Waals surface area contributed by atoms with Crippen LogP contribution < -0.4 is 21.3 Å². The zero-order valence-corrected chi connectivity index (χ0v) is 18.9. The highest BCUT2D eigenvalue weighted by molar-refractivity contribution is 6.15. The molecule has 6 N–H and O–H groups in total. The van der Waals surface area contributed by atoms with Crippen molar-refractivity contribution < 1.29 is 24.2 Å². The van der Waals surface area contributed by atoms with Crippen LogP contribution >= 0.6 is 0 Å². The summed E-state index contributed by atoms with van der Waals surface area (Å²) in [6.45, 7) is 2.13. The third-order valence-corrected chi connectivity index (χ3v) is 6.40. The number of aryl methyl sites for hydroxylation is 1. The second-order valence-corrected chi connectivity index (χ2v) is 8.87. The van der Waals surface area contributed by atoms with Crippen LogP contribution in [0.15, 0.2) is 42.6 Å². The summed E-state index contributed by atoms with van der Waals surface area (Å²) < 4.78 is 14.5. The average molecular weight is 477 g/mol. The normalized spacial score (nSPS) is 18.3. The monoisotopic (exact) mass is 477 g/mol. The summed E-state index contributed by atoms with van der Waals surface area (Å²) in [5.74, 6) is -1.78. The van der Waals surface area contributed by atoms with E-state index in [-0.39, 0.29) is 29.0 Å². The first kappa shape index (κ1) is 22.6. The first-order valence-corrected chi connectivity index (χ1v) is 11.2. The molecule has 0 radical (unpaired) electrons. The first-order chi connectivity index (χ1) is 16.8. The molecule has 1 fully saturated rings. The van der Waals surface area contributed by atoms with E-state index in [9.17, 15) is 19.1 Å². The molecule has 0 spiro atoms. The highest BCUT2D eigenvalue weighted by Gasteiger charge is 2.34. The highest BCUT2D eigenvalue weighted by Crippen LogP contribution is 2.36. The Labute approximate surface area is 200 Å². The Balaban J connectivity index is 1.35. The number of halogens is 1. The van der Waals surface area contributed by atoms with Crippen molar-refractivity contribution in [2.45, 2.75) is 32.4 Å². The molecule has 0 saturated heterocycles. The lowest BCUT2D eigenvalue weighted by molar-refractivity contribution is -0.145. The van der Waals surface area contributed by atoms with E-state index in [1.807, 2.05) is 18.2 Å². The molecule has 9 nitrogen and oxygen atoms in total. The molecule has 2 aromatic carbocycles. The van der Waals surface area contributed by atoms with Crippen LogP contribution in [0.5, 0.6) is 5.75 Å². The summed E-state index contributed by atoms with van der Waals surface area (Å²) in [5, 5.41) is 31.3. The molecule has 5 rings (SSSR count). The number of aromatic hydroxyl groups is 1. The SMILES string of the molecule is Cc1cc(F)c(Nc2ccnc3c2C(=O)Nc2cc(CN[C@H]4C[C@H](C(=O)O)C4)ccc2N3)cc1O. The van der Waals surface area contributed by atoms with Gasteiger partial charge in [0.25, 0.3) is 5.91 Å². The molecule has 0 unspecified atom stereocenters. The summed E-state index contributed by atoms with van der Waals surface area (Å²) in [7, 11) is 0. The van der Waals surface area contributed by atoms with Crippen molar-refractivity contribution >= 4 is 40.4 Å². The number of phenolic OH excluding ortho intramolecular Hbond substituents is 1. The van der Waals surface area contributed by atoms with Crippen LogP contribution in [0.25, 0.3) is 0 Å². The third-order valence-electron chi connectivity index (χ3n) is 6.40. The van der Waals surface area contributed by atoms with Crippen LogP contribution in [0.1, 0.15) is 34.3 Å². The Bertz CT molecular complexity index is 1340. The molecule has 1 saturated carbocycles. The van der Waals surface area contributed by atoms with Gasteiger partial charge in [-0.05, 0) is 55.2 Å². The molecular formula is C25H24FN5O4. The number of amides is 1. The van der Waals surface area contributed by atoms with Gasteiger partial charge in [-0.1, -0.05) is 6.07 Å².